The van der Waals surface area contributed by atoms with Crippen molar-refractivity contribution in [3.8, 4) is 0 Å². The van der Waals surface area contributed by atoms with Crippen LogP contribution in [0.1, 0.15) is 12.0 Å². The minimum atomic E-state index is -0.160. The second-order valence-corrected chi connectivity index (χ2v) is 4.55. The van der Waals surface area contributed by atoms with E-state index in [-0.39, 0.29) is 19.1 Å². The first-order valence-electron chi connectivity index (χ1n) is 6.45. The Morgan fingerprint density at radius 1 is 1.45 bits per heavy atom. The Labute approximate surface area is 117 Å². The molecule has 0 saturated carbocycles. The first-order valence-corrected chi connectivity index (χ1v) is 6.45. The smallest absolute Gasteiger partial charge is 0.246 e. The van der Waals surface area contributed by atoms with Crippen LogP contribution in [-0.4, -0.2) is 27.4 Å². The number of nitrogens with one attached hydrogen (secondary N) is 1. The fourth-order valence-electron chi connectivity index (χ4n) is 1.90. The van der Waals surface area contributed by atoms with Crippen LogP contribution in [0.2, 0.25) is 0 Å². The van der Waals surface area contributed by atoms with E-state index in [9.17, 15) is 4.79 Å². The highest BCUT2D eigenvalue weighted by Gasteiger charge is 2.05. The van der Waals surface area contributed by atoms with Crippen LogP contribution < -0.4 is 11.1 Å². The molecular formula is C14H18N4O2. The van der Waals surface area contributed by atoms with Crippen molar-refractivity contribution in [2.75, 3.05) is 17.7 Å². The molecule has 0 bridgehead atoms. The molecule has 2 aromatic rings. The molecule has 1 aromatic heterocycles. The molecule has 0 aliphatic rings. The summed E-state index contributed by atoms with van der Waals surface area (Å²) < 4.78 is 1.49. The lowest BCUT2D eigenvalue weighted by atomic mass is 10.1. The molecule has 0 aliphatic carbocycles. The molecule has 20 heavy (non-hydrogen) atoms. The molecule has 6 heteroatoms. The van der Waals surface area contributed by atoms with E-state index in [4.69, 9.17) is 10.8 Å². The van der Waals surface area contributed by atoms with Crippen molar-refractivity contribution in [1.82, 2.24) is 9.78 Å². The van der Waals surface area contributed by atoms with Gasteiger partial charge >= 0.3 is 0 Å². The van der Waals surface area contributed by atoms with Crippen molar-refractivity contribution in [2.24, 2.45) is 0 Å². The number of aliphatic hydroxyl groups excluding tert-OH is 1. The first kappa shape index (κ1) is 14.1. The number of benzene rings is 1. The zero-order valence-corrected chi connectivity index (χ0v) is 11.1. The van der Waals surface area contributed by atoms with Crippen molar-refractivity contribution in [2.45, 2.75) is 19.4 Å². The highest BCUT2D eigenvalue weighted by molar-refractivity contribution is 5.90. The number of hydrogen-bond acceptors (Lipinski definition) is 4. The minimum absolute atomic E-state index is 0.123. The molecular weight excluding hydrogens is 256 g/mol. The third kappa shape index (κ3) is 4.10. The summed E-state index contributed by atoms with van der Waals surface area (Å²) in [4.78, 5) is 11.9. The van der Waals surface area contributed by atoms with Crippen LogP contribution in [0.4, 0.5) is 11.4 Å². The van der Waals surface area contributed by atoms with Gasteiger partial charge in [0.1, 0.15) is 6.54 Å². The summed E-state index contributed by atoms with van der Waals surface area (Å²) in [6.07, 6.45) is 4.61. The van der Waals surface area contributed by atoms with Gasteiger partial charge in [-0.25, -0.2) is 0 Å². The minimum Gasteiger partial charge on any atom is -0.396 e. The molecule has 2 rings (SSSR count). The number of hydrogen-bond donors (Lipinski definition) is 3. The molecule has 0 unspecified atom stereocenters. The summed E-state index contributed by atoms with van der Waals surface area (Å²) in [5, 5.41) is 15.6. The molecule has 1 aromatic carbocycles. The third-order valence-corrected chi connectivity index (χ3v) is 2.79. The van der Waals surface area contributed by atoms with E-state index < -0.39 is 0 Å². The summed E-state index contributed by atoms with van der Waals surface area (Å²) in [5.41, 5.74) is 7.89. The Bertz CT molecular complexity index is 580. The van der Waals surface area contributed by atoms with Gasteiger partial charge in [0.25, 0.3) is 0 Å². The predicted molar refractivity (Wildman–Crippen MR) is 77.1 cm³/mol. The van der Waals surface area contributed by atoms with Crippen LogP contribution >= 0.6 is 0 Å². The predicted octanol–water partition coefficient (Wildman–Crippen LogP) is 1.03. The zero-order chi connectivity index (χ0) is 14.4. The van der Waals surface area contributed by atoms with E-state index in [1.807, 2.05) is 24.3 Å². The van der Waals surface area contributed by atoms with E-state index in [1.165, 1.54) is 10.9 Å². The highest BCUT2D eigenvalue weighted by atomic mass is 16.2. The second-order valence-electron chi connectivity index (χ2n) is 4.55. The summed E-state index contributed by atoms with van der Waals surface area (Å²) in [6, 6.07) is 7.59. The normalized spacial score (nSPS) is 10.4. The van der Waals surface area contributed by atoms with Crippen molar-refractivity contribution < 1.29 is 9.90 Å². The quantitative estimate of drug-likeness (QED) is 0.733. The average molecular weight is 274 g/mol. The van der Waals surface area contributed by atoms with Crippen LogP contribution in [0, 0.1) is 0 Å². The second kappa shape index (κ2) is 6.72. The van der Waals surface area contributed by atoms with Crippen LogP contribution in [0.5, 0.6) is 0 Å². The SMILES string of the molecule is Nc1cnn(CC(=O)Nc2cccc(CCCO)c2)c1. The van der Waals surface area contributed by atoms with Gasteiger partial charge in [0.2, 0.25) is 5.91 Å². The summed E-state index contributed by atoms with van der Waals surface area (Å²) in [5.74, 6) is -0.160. The van der Waals surface area contributed by atoms with Crippen LogP contribution in [0.25, 0.3) is 0 Å². The topological polar surface area (TPSA) is 93.2 Å². The van der Waals surface area contributed by atoms with E-state index in [0.29, 0.717) is 12.1 Å². The zero-order valence-electron chi connectivity index (χ0n) is 11.1. The maximum absolute atomic E-state index is 11.9. The van der Waals surface area contributed by atoms with E-state index >= 15 is 0 Å². The van der Waals surface area contributed by atoms with E-state index in [0.717, 1.165) is 17.7 Å². The lowest BCUT2D eigenvalue weighted by Crippen LogP contribution is -2.19. The molecule has 0 fully saturated rings. The Balaban J connectivity index is 1.93. The lowest BCUT2D eigenvalue weighted by Gasteiger charge is -2.07. The summed E-state index contributed by atoms with van der Waals surface area (Å²) in [6.45, 7) is 0.287. The van der Waals surface area contributed by atoms with Gasteiger partial charge < -0.3 is 16.2 Å². The fourth-order valence-corrected chi connectivity index (χ4v) is 1.90. The first-order chi connectivity index (χ1) is 9.67. The number of aliphatic hydroxyl groups is 1. The molecule has 1 amide bonds. The molecule has 4 N–H and O–H groups in total. The molecule has 0 saturated heterocycles. The van der Waals surface area contributed by atoms with Crippen molar-refractivity contribution >= 4 is 17.3 Å². The number of nitrogens with two attached hydrogens (primary N) is 1. The fraction of sp³-hybridized carbons (Fsp3) is 0.286. The Hall–Kier alpha value is -2.34. The van der Waals surface area contributed by atoms with Crippen LogP contribution in [0.3, 0.4) is 0 Å². The number of rotatable bonds is 6. The number of amides is 1. The number of anilines is 2. The Morgan fingerprint density at radius 3 is 3.00 bits per heavy atom. The Kier molecular flexibility index (Phi) is 4.73. The van der Waals surface area contributed by atoms with Crippen LogP contribution in [0.15, 0.2) is 36.7 Å². The Morgan fingerprint density at radius 2 is 2.30 bits per heavy atom. The summed E-state index contributed by atoms with van der Waals surface area (Å²) >= 11 is 0. The van der Waals surface area contributed by atoms with Gasteiger partial charge in [-0.05, 0) is 30.5 Å². The van der Waals surface area contributed by atoms with Gasteiger partial charge in [0.05, 0.1) is 11.9 Å². The van der Waals surface area contributed by atoms with Gasteiger partial charge in [-0.1, -0.05) is 12.1 Å². The number of carbonyl (C=O) groups is 1. The summed E-state index contributed by atoms with van der Waals surface area (Å²) in [7, 11) is 0. The standard InChI is InChI=1S/C14H18N4O2/c15-12-8-16-18(9-12)10-14(20)17-13-5-1-3-11(7-13)4-2-6-19/h1,3,5,7-9,19H,2,4,6,10,15H2,(H,17,20). The average Bonchev–Trinajstić information content (AvgIpc) is 2.82. The van der Waals surface area contributed by atoms with Crippen LogP contribution in [-0.2, 0) is 17.8 Å². The molecule has 0 atom stereocenters. The number of aryl methyl sites for hydroxylation is 1. The monoisotopic (exact) mass is 274 g/mol. The maximum Gasteiger partial charge on any atom is 0.246 e. The van der Waals surface area contributed by atoms with Gasteiger partial charge in [-0.2, -0.15) is 5.10 Å². The number of nitrogens with zero attached hydrogens (tertiary/aromatic N) is 2. The number of nitrogen functional groups attached to an aromatic ring is 1. The van der Waals surface area contributed by atoms with Gasteiger partial charge in [-0.3, -0.25) is 9.48 Å². The van der Waals surface area contributed by atoms with Crippen molar-refractivity contribution in [1.29, 1.82) is 0 Å². The van der Waals surface area contributed by atoms with Crippen molar-refractivity contribution in [3.05, 3.63) is 42.2 Å². The van der Waals surface area contributed by atoms with Gasteiger partial charge in [0.15, 0.2) is 0 Å². The number of carbonyl (C=O) groups excluding carboxylic acids is 1. The highest BCUT2D eigenvalue weighted by Crippen LogP contribution is 2.12. The molecule has 0 radical (unpaired) electrons. The molecule has 106 valence electrons. The third-order valence-electron chi connectivity index (χ3n) is 2.79. The molecule has 0 aliphatic heterocycles. The number of aromatic nitrogens is 2. The van der Waals surface area contributed by atoms with E-state index in [2.05, 4.69) is 10.4 Å². The molecule has 1 heterocycles. The van der Waals surface area contributed by atoms with Gasteiger partial charge in [0, 0.05) is 18.5 Å². The van der Waals surface area contributed by atoms with Crippen molar-refractivity contribution in [3.63, 3.8) is 0 Å². The van der Waals surface area contributed by atoms with Gasteiger partial charge in [-0.15, -0.1) is 0 Å². The maximum atomic E-state index is 11.9. The lowest BCUT2D eigenvalue weighted by molar-refractivity contribution is -0.116. The largest absolute Gasteiger partial charge is 0.396 e. The molecule has 6 nitrogen and oxygen atoms in total. The van der Waals surface area contributed by atoms with E-state index in [1.54, 1.807) is 6.20 Å². The molecule has 0 spiro atoms.